The van der Waals surface area contributed by atoms with Crippen LogP contribution in [-0.4, -0.2) is 161 Å². The molecule has 1 rings (SSSR count). The molecule has 0 spiro atoms. The first-order valence-electron chi connectivity index (χ1n) is 13.7. The molecule has 0 aromatic carbocycles. The highest BCUT2D eigenvalue weighted by Gasteiger charge is 2.21. The molecular weight excluding hydrogens is 508 g/mol. The average Bonchev–Trinajstić information content (AvgIpc) is 2.91. The van der Waals surface area contributed by atoms with Crippen LogP contribution in [0.2, 0.25) is 0 Å². The molecule has 0 unspecified atom stereocenters. The molecule has 0 aromatic heterocycles. The van der Waals surface area contributed by atoms with E-state index in [1.54, 1.807) is 21.1 Å². The Labute approximate surface area is 231 Å². The number of nitrogens with zero attached hydrogens (tertiary/aromatic N) is 4. The molecule has 39 heavy (non-hydrogen) atoms. The second kappa shape index (κ2) is 20.1. The van der Waals surface area contributed by atoms with Gasteiger partial charge in [0.25, 0.3) is 0 Å². The summed E-state index contributed by atoms with van der Waals surface area (Å²) in [7, 11) is 4.78. The normalized spacial score (nSPS) is 16.9. The molecule has 4 amide bonds. The molecule has 1 aliphatic heterocycles. The summed E-state index contributed by atoms with van der Waals surface area (Å²) in [4.78, 5) is 67.7. The van der Waals surface area contributed by atoms with E-state index >= 15 is 0 Å². The van der Waals surface area contributed by atoms with Crippen molar-refractivity contribution in [1.82, 2.24) is 40.9 Å². The van der Waals surface area contributed by atoms with E-state index in [0.29, 0.717) is 71.7 Å². The number of carbonyl (C=O) groups is 5. The van der Waals surface area contributed by atoms with Gasteiger partial charge < -0.3 is 26.4 Å². The lowest BCUT2D eigenvalue weighted by molar-refractivity contribution is -0.137. The van der Waals surface area contributed by atoms with Crippen LogP contribution in [0.1, 0.15) is 25.7 Å². The Morgan fingerprint density at radius 3 is 1.18 bits per heavy atom. The minimum absolute atomic E-state index is 0.100. The van der Waals surface area contributed by atoms with Gasteiger partial charge in [0.1, 0.15) is 0 Å². The van der Waals surface area contributed by atoms with E-state index in [-0.39, 0.29) is 56.2 Å². The molecule has 0 aliphatic carbocycles. The molecule has 1 heterocycles. The molecule has 1 aliphatic rings. The summed E-state index contributed by atoms with van der Waals surface area (Å²) in [6.45, 7) is 5.79. The predicted octanol–water partition coefficient (Wildman–Crippen LogP) is -2.79. The topological polar surface area (TPSA) is 167 Å². The van der Waals surface area contributed by atoms with Crippen LogP contribution in [0.5, 0.6) is 0 Å². The van der Waals surface area contributed by atoms with Gasteiger partial charge in [0, 0.05) is 86.5 Å². The van der Waals surface area contributed by atoms with Crippen LogP contribution >= 0.6 is 0 Å². The van der Waals surface area contributed by atoms with Crippen molar-refractivity contribution in [3.63, 3.8) is 0 Å². The van der Waals surface area contributed by atoms with Gasteiger partial charge in [-0.05, 0) is 12.8 Å². The Hall–Kier alpha value is -2.81. The summed E-state index contributed by atoms with van der Waals surface area (Å²) < 4.78 is 0. The van der Waals surface area contributed by atoms with Gasteiger partial charge in [-0.3, -0.25) is 43.6 Å². The monoisotopic (exact) mass is 556 g/mol. The third kappa shape index (κ3) is 16.7. The van der Waals surface area contributed by atoms with Crippen LogP contribution in [0.15, 0.2) is 0 Å². The van der Waals surface area contributed by atoms with Crippen LogP contribution in [0.25, 0.3) is 0 Å². The summed E-state index contributed by atoms with van der Waals surface area (Å²) in [6, 6.07) is 0. The number of carbonyl (C=O) groups excluding carboxylic acids is 4. The summed E-state index contributed by atoms with van der Waals surface area (Å²) in [6.07, 6.45) is 2.16. The SMILES string of the molecule is CNC(=O)CN1CCN(CC(=O)NC)CCN(CC(=O)NCCCCCC(=O)O)CCN(CC(=O)NC)CC1. The number of rotatable bonds is 14. The van der Waals surface area contributed by atoms with E-state index in [9.17, 15) is 24.0 Å². The molecule has 0 atom stereocenters. The van der Waals surface area contributed by atoms with E-state index in [0.717, 1.165) is 6.42 Å². The summed E-state index contributed by atoms with van der Waals surface area (Å²) in [5.41, 5.74) is 0. The van der Waals surface area contributed by atoms with Crippen molar-refractivity contribution in [3.05, 3.63) is 0 Å². The number of carboxylic acid groups (broad SMARTS) is 1. The largest absolute Gasteiger partial charge is 0.481 e. The Balaban J connectivity index is 2.87. The van der Waals surface area contributed by atoms with Crippen molar-refractivity contribution >= 4 is 29.6 Å². The van der Waals surface area contributed by atoms with Crippen LogP contribution in [0, 0.1) is 0 Å². The molecule has 1 fully saturated rings. The maximum Gasteiger partial charge on any atom is 0.303 e. The lowest BCUT2D eigenvalue weighted by atomic mass is 10.2. The zero-order chi connectivity index (χ0) is 29.0. The van der Waals surface area contributed by atoms with Crippen LogP contribution < -0.4 is 21.3 Å². The highest BCUT2D eigenvalue weighted by Crippen LogP contribution is 2.02. The maximum atomic E-state index is 12.7. The van der Waals surface area contributed by atoms with Crippen LogP contribution in [-0.2, 0) is 24.0 Å². The molecular formula is C25H48N8O6. The van der Waals surface area contributed by atoms with Gasteiger partial charge in [0.2, 0.25) is 23.6 Å². The number of aliphatic carboxylic acids is 1. The van der Waals surface area contributed by atoms with Crippen molar-refractivity contribution in [2.45, 2.75) is 25.7 Å². The quantitative estimate of drug-likeness (QED) is 0.141. The van der Waals surface area contributed by atoms with Gasteiger partial charge in [-0.2, -0.15) is 0 Å². The third-order valence-corrected chi connectivity index (χ3v) is 6.62. The fourth-order valence-electron chi connectivity index (χ4n) is 4.12. The molecule has 0 radical (unpaired) electrons. The number of carboxylic acids is 1. The van der Waals surface area contributed by atoms with Crippen LogP contribution in [0.4, 0.5) is 0 Å². The average molecular weight is 557 g/mol. The van der Waals surface area contributed by atoms with Gasteiger partial charge in [-0.25, -0.2) is 0 Å². The van der Waals surface area contributed by atoms with Gasteiger partial charge >= 0.3 is 5.97 Å². The molecule has 0 saturated carbocycles. The molecule has 14 nitrogen and oxygen atoms in total. The number of unbranched alkanes of at least 4 members (excludes halogenated alkanes) is 2. The number of nitrogens with one attached hydrogen (secondary N) is 4. The molecule has 0 aromatic rings. The first kappa shape index (κ1) is 34.2. The van der Waals surface area contributed by atoms with Gasteiger partial charge in [-0.15, -0.1) is 0 Å². The first-order valence-corrected chi connectivity index (χ1v) is 13.7. The smallest absolute Gasteiger partial charge is 0.303 e. The molecule has 224 valence electrons. The second-order valence-electron chi connectivity index (χ2n) is 9.68. The molecule has 14 heteroatoms. The van der Waals surface area contributed by atoms with E-state index in [2.05, 4.69) is 21.3 Å². The Bertz CT molecular complexity index is 750. The van der Waals surface area contributed by atoms with Crippen molar-refractivity contribution < 1.29 is 29.1 Å². The second-order valence-corrected chi connectivity index (χ2v) is 9.68. The minimum Gasteiger partial charge on any atom is -0.481 e. The zero-order valence-corrected chi connectivity index (χ0v) is 23.8. The standard InChI is InChI=1S/C25H48N8O6/c1-26-21(34)17-30-9-11-31(18-22(35)27-2)13-15-33(16-14-32(12-10-30)19-23(36)28-3)20-24(37)29-8-6-4-5-7-25(38)39/h4-20H2,1-3H3,(H,26,34)(H,27,35)(H,28,36)(H,29,37)(H,38,39). The van der Waals surface area contributed by atoms with Gasteiger partial charge in [0.05, 0.1) is 26.2 Å². The van der Waals surface area contributed by atoms with Crippen LogP contribution in [0.3, 0.4) is 0 Å². The fourth-order valence-corrected chi connectivity index (χ4v) is 4.12. The van der Waals surface area contributed by atoms with Crippen molar-refractivity contribution in [1.29, 1.82) is 0 Å². The van der Waals surface area contributed by atoms with Crippen molar-refractivity contribution in [2.75, 3.05) is 106 Å². The van der Waals surface area contributed by atoms with Gasteiger partial charge in [0.15, 0.2) is 0 Å². The molecule has 1 saturated heterocycles. The molecule has 5 N–H and O–H groups in total. The van der Waals surface area contributed by atoms with E-state index in [4.69, 9.17) is 5.11 Å². The lowest BCUT2D eigenvalue weighted by Crippen LogP contribution is -2.51. The van der Waals surface area contributed by atoms with E-state index in [1.165, 1.54) is 0 Å². The highest BCUT2D eigenvalue weighted by molar-refractivity contribution is 5.79. The summed E-state index contributed by atoms with van der Waals surface area (Å²) >= 11 is 0. The number of hydrogen-bond donors (Lipinski definition) is 5. The minimum atomic E-state index is -0.815. The molecule has 0 bridgehead atoms. The Kier molecular flexibility index (Phi) is 17.7. The number of likely N-dealkylation sites (N-methyl/N-ethyl adjacent to an activating group) is 3. The Morgan fingerprint density at radius 2 is 0.872 bits per heavy atom. The summed E-state index contributed by atoms with van der Waals surface area (Å²) in [5.74, 6) is -1.25. The predicted molar refractivity (Wildman–Crippen MR) is 147 cm³/mol. The fraction of sp³-hybridized carbons (Fsp3) is 0.800. The lowest BCUT2D eigenvalue weighted by Gasteiger charge is -2.33. The van der Waals surface area contributed by atoms with E-state index in [1.807, 2.05) is 19.6 Å². The third-order valence-electron chi connectivity index (χ3n) is 6.62. The summed E-state index contributed by atoms with van der Waals surface area (Å²) in [5, 5.41) is 19.6. The Morgan fingerprint density at radius 1 is 0.538 bits per heavy atom. The first-order chi connectivity index (χ1) is 18.7. The van der Waals surface area contributed by atoms with Gasteiger partial charge in [-0.1, -0.05) is 6.42 Å². The number of amides is 4. The van der Waals surface area contributed by atoms with Crippen molar-refractivity contribution in [2.24, 2.45) is 0 Å². The van der Waals surface area contributed by atoms with Crippen molar-refractivity contribution in [3.8, 4) is 0 Å². The highest BCUT2D eigenvalue weighted by atomic mass is 16.4. The maximum absolute atomic E-state index is 12.7. The number of hydrogen-bond acceptors (Lipinski definition) is 9. The van der Waals surface area contributed by atoms with E-state index < -0.39 is 5.97 Å². The zero-order valence-electron chi connectivity index (χ0n) is 23.8.